The van der Waals surface area contributed by atoms with E-state index in [2.05, 4.69) is 11.4 Å². The molecule has 0 radical (unpaired) electrons. The van der Waals surface area contributed by atoms with E-state index >= 15 is 0 Å². The number of nitrogens with one attached hydrogen (secondary N) is 1. The molecule has 38 heavy (non-hydrogen) atoms. The summed E-state index contributed by atoms with van der Waals surface area (Å²) in [5, 5.41) is 5.13. The lowest BCUT2D eigenvalue weighted by molar-refractivity contribution is 0.102. The summed E-state index contributed by atoms with van der Waals surface area (Å²) >= 11 is 6.81. The van der Waals surface area contributed by atoms with Crippen LogP contribution in [0, 0.1) is 6.92 Å². The lowest BCUT2D eigenvalue weighted by Crippen LogP contribution is -2.11. The zero-order valence-electron chi connectivity index (χ0n) is 19.8. The predicted molar refractivity (Wildman–Crippen MR) is 157 cm³/mol. The SMILES string of the molecule is Cc1ccc2nc(-c3ccc4nc(-c5ccc(NC(=O)c6ccc(Cl)cc6)cc5)sc4c3)sc2c1S(=O)O. The summed E-state index contributed by atoms with van der Waals surface area (Å²) < 4.78 is 23.4. The number of amides is 1. The van der Waals surface area contributed by atoms with Crippen LogP contribution in [0.25, 0.3) is 41.6 Å². The van der Waals surface area contributed by atoms with Crippen molar-refractivity contribution in [3.63, 3.8) is 0 Å². The molecule has 0 saturated carbocycles. The number of thiazole rings is 2. The van der Waals surface area contributed by atoms with Crippen LogP contribution in [0.1, 0.15) is 15.9 Å². The average Bonchev–Trinajstić information content (AvgIpc) is 3.53. The lowest BCUT2D eigenvalue weighted by atomic mass is 10.2. The molecule has 0 bridgehead atoms. The summed E-state index contributed by atoms with van der Waals surface area (Å²) in [6.07, 6.45) is 0. The fourth-order valence-electron chi connectivity index (χ4n) is 4.09. The number of anilines is 1. The highest BCUT2D eigenvalue weighted by Crippen LogP contribution is 2.38. The van der Waals surface area contributed by atoms with Crippen LogP contribution in [0.15, 0.2) is 83.8 Å². The van der Waals surface area contributed by atoms with E-state index in [0.717, 1.165) is 41.6 Å². The highest BCUT2D eigenvalue weighted by atomic mass is 35.5. The van der Waals surface area contributed by atoms with Gasteiger partial charge in [0.2, 0.25) is 0 Å². The van der Waals surface area contributed by atoms with Crippen LogP contribution in [0.2, 0.25) is 5.02 Å². The van der Waals surface area contributed by atoms with Gasteiger partial charge in [0, 0.05) is 27.4 Å². The van der Waals surface area contributed by atoms with Gasteiger partial charge in [0.1, 0.15) is 10.0 Å². The maximum Gasteiger partial charge on any atom is 0.255 e. The van der Waals surface area contributed by atoms with Gasteiger partial charge in [0.25, 0.3) is 5.91 Å². The molecule has 0 aliphatic heterocycles. The average molecular weight is 576 g/mol. The van der Waals surface area contributed by atoms with Gasteiger partial charge >= 0.3 is 0 Å². The predicted octanol–water partition coefficient (Wildman–Crippen LogP) is 8.03. The van der Waals surface area contributed by atoms with Crippen LogP contribution in [-0.2, 0) is 11.1 Å². The van der Waals surface area contributed by atoms with E-state index in [9.17, 15) is 13.6 Å². The molecule has 10 heteroatoms. The molecule has 4 aromatic carbocycles. The van der Waals surface area contributed by atoms with Crippen molar-refractivity contribution in [2.45, 2.75) is 11.8 Å². The van der Waals surface area contributed by atoms with E-state index in [4.69, 9.17) is 21.6 Å². The molecule has 188 valence electrons. The molecule has 6 nitrogen and oxygen atoms in total. The normalized spacial score (nSPS) is 12.2. The molecule has 6 rings (SSSR count). The Balaban J connectivity index is 1.26. The lowest BCUT2D eigenvalue weighted by Gasteiger charge is -2.06. The summed E-state index contributed by atoms with van der Waals surface area (Å²) in [5.74, 6) is -0.204. The Labute approximate surface area is 233 Å². The van der Waals surface area contributed by atoms with E-state index in [-0.39, 0.29) is 5.91 Å². The third-order valence-corrected chi connectivity index (χ3v) is 9.48. The van der Waals surface area contributed by atoms with Gasteiger partial charge in [-0.05, 0) is 85.3 Å². The Kier molecular flexibility index (Phi) is 6.55. The fourth-order valence-corrected chi connectivity index (χ4v) is 7.22. The van der Waals surface area contributed by atoms with Crippen LogP contribution in [0.4, 0.5) is 5.69 Å². The Morgan fingerprint density at radius 2 is 1.53 bits per heavy atom. The van der Waals surface area contributed by atoms with Gasteiger partial charge in [-0.2, -0.15) is 0 Å². The van der Waals surface area contributed by atoms with Gasteiger partial charge in [-0.3, -0.25) is 4.79 Å². The van der Waals surface area contributed by atoms with Crippen LogP contribution in [0.5, 0.6) is 0 Å². The molecule has 0 aliphatic rings. The number of nitrogens with zero attached hydrogens (tertiary/aromatic N) is 2. The molecule has 0 spiro atoms. The molecule has 1 atom stereocenters. The molecule has 1 amide bonds. The molecular weight excluding hydrogens is 558 g/mol. The molecule has 2 heterocycles. The Hall–Kier alpha value is -3.47. The van der Waals surface area contributed by atoms with Crippen molar-refractivity contribution in [2.75, 3.05) is 5.32 Å². The van der Waals surface area contributed by atoms with E-state index < -0.39 is 11.1 Å². The summed E-state index contributed by atoms with van der Waals surface area (Å²) in [6, 6.07) is 24.0. The second-order valence-electron chi connectivity index (χ2n) is 8.57. The number of aromatic nitrogens is 2. The van der Waals surface area contributed by atoms with Gasteiger partial charge in [-0.25, -0.2) is 14.2 Å². The number of hydrogen-bond acceptors (Lipinski definition) is 6. The molecule has 0 fully saturated rings. The first-order chi connectivity index (χ1) is 18.4. The number of carbonyl (C=O) groups is 1. The smallest absolute Gasteiger partial charge is 0.255 e. The van der Waals surface area contributed by atoms with Crippen LogP contribution >= 0.6 is 34.3 Å². The third kappa shape index (κ3) is 4.75. The molecule has 2 N–H and O–H groups in total. The number of carbonyl (C=O) groups excluding carboxylic acids is 1. The highest BCUT2D eigenvalue weighted by molar-refractivity contribution is 7.79. The molecular formula is C28H18ClN3O3S3. The van der Waals surface area contributed by atoms with Crippen LogP contribution in [-0.4, -0.2) is 24.6 Å². The van der Waals surface area contributed by atoms with Crippen molar-refractivity contribution in [3.8, 4) is 21.1 Å². The molecule has 6 aromatic rings. The minimum Gasteiger partial charge on any atom is -0.322 e. The Morgan fingerprint density at radius 3 is 2.26 bits per heavy atom. The largest absolute Gasteiger partial charge is 0.322 e. The van der Waals surface area contributed by atoms with Crippen LogP contribution in [0.3, 0.4) is 0 Å². The fraction of sp³-hybridized carbons (Fsp3) is 0.0357. The zero-order chi connectivity index (χ0) is 26.4. The summed E-state index contributed by atoms with van der Waals surface area (Å²) in [4.78, 5) is 22.4. The number of aryl methyl sites for hydroxylation is 1. The van der Waals surface area contributed by atoms with E-state index in [1.54, 1.807) is 35.6 Å². The van der Waals surface area contributed by atoms with Gasteiger partial charge in [-0.1, -0.05) is 17.7 Å². The minimum atomic E-state index is -2.08. The van der Waals surface area contributed by atoms with Gasteiger partial charge in [0.15, 0.2) is 11.1 Å². The standard InChI is InChI=1S/C28H18ClN3O3S3/c1-15-2-12-22-24(25(15)38(34)35)37-28(32-22)18-7-13-21-23(14-18)36-27(31-21)17-5-10-20(11-6-17)30-26(33)16-3-8-19(29)9-4-16/h2-14H,1H3,(H,30,33)(H,34,35). The van der Waals surface area contributed by atoms with E-state index in [1.807, 2.05) is 55.5 Å². The first-order valence-electron chi connectivity index (χ1n) is 11.4. The van der Waals surface area contributed by atoms with Gasteiger partial charge in [-0.15, -0.1) is 22.7 Å². The Bertz CT molecular complexity index is 1860. The summed E-state index contributed by atoms with van der Waals surface area (Å²) in [5.41, 5.74) is 5.45. The first kappa shape index (κ1) is 24.8. The minimum absolute atomic E-state index is 0.204. The second-order valence-corrected chi connectivity index (χ2v) is 11.9. The number of fused-ring (bicyclic) bond motifs is 2. The third-order valence-electron chi connectivity index (χ3n) is 6.02. The zero-order valence-corrected chi connectivity index (χ0v) is 23.0. The van der Waals surface area contributed by atoms with Crippen molar-refractivity contribution in [3.05, 3.63) is 95.0 Å². The topological polar surface area (TPSA) is 92.2 Å². The van der Waals surface area contributed by atoms with Crippen LogP contribution < -0.4 is 5.32 Å². The van der Waals surface area contributed by atoms with Crippen molar-refractivity contribution in [1.82, 2.24) is 9.97 Å². The van der Waals surface area contributed by atoms with E-state index in [0.29, 0.717) is 26.7 Å². The quantitative estimate of drug-likeness (QED) is 0.203. The Morgan fingerprint density at radius 1 is 0.868 bits per heavy atom. The first-order valence-corrected chi connectivity index (χ1v) is 14.6. The van der Waals surface area contributed by atoms with E-state index in [1.165, 1.54) is 11.3 Å². The number of halogens is 1. The molecule has 1 unspecified atom stereocenters. The summed E-state index contributed by atoms with van der Waals surface area (Å²) in [7, 11) is 0. The number of hydrogen-bond donors (Lipinski definition) is 2. The van der Waals surface area contributed by atoms with Crippen molar-refractivity contribution >= 4 is 77.4 Å². The van der Waals surface area contributed by atoms with Crippen molar-refractivity contribution in [1.29, 1.82) is 0 Å². The second kappa shape index (κ2) is 10.0. The number of rotatable bonds is 5. The molecule has 0 saturated heterocycles. The summed E-state index contributed by atoms with van der Waals surface area (Å²) in [6.45, 7) is 1.83. The maximum atomic E-state index is 12.5. The van der Waals surface area contributed by atoms with Gasteiger partial charge in [0.05, 0.1) is 25.3 Å². The number of benzene rings is 4. The monoisotopic (exact) mass is 575 g/mol. The van der Waals surface area contributed by atoms with Crippen molar-refractivity contribution in [2.24, 2.45) is 0 Å². The maximum absolute atomic E-state index is 12.5. The molecule has 0 aliphatic carbocycles. The highest BCUT2D eigenvalue weighted by Gasteiger charge is 2.16. The molecule has 2 aromatic heterocycles. The van der Waals surface area contributed by atoms with Crippen molar-refractivity contribution < 1.29 is 13.6 Å². The van der Waals surface area contributed by atoms with Gasteiger partial charge < -0.3 is 9.87 Å².